The number of carbonyl (C=O) groups excluding carboxylic acids is 1. The van der Waals surface area contributed by atoms with Crippen LogP contribution < -0.4 is 5.32 Å². The minimum atomic E-state index is -0.0192. The summed E-state index contributed by atoms with van der Waals surface area (Å²) in [6.45, 7) is 5.11. The van der Waals surface area contributed by atoms with E-state index in [2.05, 4.69) is 23.7 Å². The number of nitrogens with one attached hydrogen (secondary N) is 1. The molecule has 1 aromatic rings. The fourth-order valence-corrected chi connectivity index (χ4v) is 3.00. The standard InChI is InChI=1S/C14H22N2O3S/c1-11(13-4-3-7-20-13)8-15-14(17)16-5-6-19-12(9-16)10-18-2/h3-4,7,11-12H,5-6,8-10H2,1-2H3,(H,15,17)/t11-,12-/m0/s1. The van der Waals surface area contributed by atoms with E-state index in [1.165, 1.54) is 4.88 Å². The number of nitrogens with zero attached hydrogens (tertiary/aromatic N) is 1. The van der Waals surface area contributed by atoms with Crippen molar-refractivity contribution in [1.29, 1.82) is 0 Å². The van der Waals surface area contributed by atoms with E-state index in [-0.39, 0.29) is 12.1 Å². The molecule has 1 fully saturated rings. The Morgan fingerprint density at radius 1 is 1.70 bits per heavy atom. The van der Waals surface area contributed by atoms with Crippen molar-refractivity contribution in [3.05, 3.63) is 22.4 Å². The number of ether oxygens (including phenoxy) is 2. The van der Waals surface area contributed by atoms with Crippen LogP contribution in [0.2, 0.25) is 0 Å². The minimum Gasteiger partial charge on any atom is -0.382 e. The Hall–Kier alpha value is -1.11. The second-order valence-corrected chi connectivity index (χ2v) is 5.98. The zero-order chi connectivity index (χ0) is 14.4. The number of hydrogen-bond donors (Lipinski definition) is 1. The van der Waals surface area contributed by atoms with Gasteiger partial charge in [0.05, 0.1) is 25.9 Å². The molecule has 1 N–H and O–H groups in total. The Balaban J connectivity index is 1.76. The molecule has 0 aliphatic carbocycles. The molecular formula is C14H22N2O3S. The number of urea groups is 1. The molecule has 2 rings (SSSR count). The molecule has 6 heteroatoms. The maximum atomic E-state index is 12.1. The van der Waals surface area contributed by atoms with Gasteiger partial charge in [-0.15, -0.1) is 11.3 Å². The lowest BCUT2D eigenvalue weighted by Crippen LogP contribution is -2.51. The van der Waals surface area contributed by atoms with Gasteiger partial charge in [-0.25, -0.2) is 4.79 Å². The molecular weight excluding hydrogens is 276 g/mol. The second-order valence-electron chi connectivity index (χ2n) is 5.00. The predicted octanol–water partition coefficient (Wildman–Crippen LogP) is 1.91. The van der Waals surface area contributed by atoms with Crippen LogP contribution in [0.25, 0.3) is 0 Å². The summed E-state index contributed by atoms with van der Waals surface area (Å²) in [6.07, 6.45) is -0.0192. The third kappa shape index (κ3) is 4.19. The van der Waals surface area contributed by atoms with Gasteiger partial charge in [-0.05, 0) is 11.4 Å². The Morgan fingerprint density at radius 3 is 3.25 bits per heavy atom. The number of carbonyl (C=O) groups is 1. The van der Waals surface area contributed by atoms with Crippen molar-refractivity contribution in [2.75, 3.05) is 40.0 Å². The van der Waals surface area contributed by atoms with Crippen molar-refractivity contribution < 1.29 is 14.3 Å². The van der Waals surface area contributed by atoms with Crippen LogP contribution in [0.4, 0.5) is 4.79 Å². The van der Waals surface area contributed by atoms with Crippen molar-refractivity contribution in [2.45, 2.75) is 18.9 Å². The fraction of sp³-hybridized carbons (Fsp3) is 0.643. The van der Waals surface area contributed by atoms with Gasteiger partial charge in [0.1, 0.15) is 0 Å². The molecule has 0 unspecified atom stereocenters. The number of morpholine rings is 1. The highest BCUT2D eigenvalue weighted by Crippen LogP contribution is 2.19. The molecule has 112 valence electrons. The van der Waals surface area contributed by atoms with Gasteiger partial charge in [0.25, 0.3) is 0 Å². The first-order valence-electron chi connectivity index (χ1n) is 6.87. The molecule has 1 saturated heterocycles. The highest BCUT2D eigenvalue weighted by Gasteiger charge is 2.24. The Morgan fingerprint density at radius 2 is 2.55 bits per heavy atom. The average Bonchev–Trinajstić information content (AvgIpc) is 2.99. The SMILES string of the molecule is COC[C@@H]1CN(C(=O)NC[C@H](C)c2cccs2)CCO1. The summed E-state index contributed by atoms with van der Waals surface area (Å²) in [5.74, 6) is 0.342. The first kappa shape index (κ1) is 15.3. The van der Waals surface area contributed by atoms with Crippen LogP contribution in [0.1, 0.15) is 17.7 Å². The van der Waals surface area contributed by atoms with Crippen LogP contribution in [-0.4, -0.2) is 57.0 Å². The van der Waals surface area contributed by atoms with Crippen molar-refractivity contribution >= 4 is 17.4 Å². The normalized spacial score (nSPS) is 20.7. The maximum Gasteiger partial charge on any atom is 0.317 e. The molecule has 5 nitrogen and oxygen atoms in total. The number of amides is 2. The number of rotatable bonds is 5. The quantitative estimate of drug-likeness (QED) is 0.903. The molecule has 1 aliphatic heterocycles. The van der Waals surface area contributed by atoms with Crippen molar-refractivity contribution in [1.82, 2.24) is 10.2 Å². The molecule has 0 radical (unpaired) electrons. The molecule has 0 aromatic carbocycles. The molecule has 0 bridgehead atoms. The lowest BCUT2D eigenvalue weighted by Gasteiger charge is -2.32. The largest absolute Gasteiger partial charge is 0.382 e. The Labute approximate surface area is 123 Å². The lowest BCUT2D eigenvalue weighted by molar-refractivity contribution is -0.0494. The van der Waals surface area contributed by atoms with Crippen LogP contribution in [0.3, 0.4) is 0 Å². The van der Waals surface area contributed by atoms with Gasteiger partial charge in [0, 0.05) is 31.0 Å². The van der Waals surface area contributed by atoms with Crippen LogP contribution >= 0.6 is 11.3 Å². The predicted molar refractivity (Wildman–Crippen MR) is 79.3 cm³/mol. The first-order chi connectivity index (χ1) is 9.70. The van der Waals surface area contributed by atoms with E-state index in [4.69, 9.17) is 9.47 Å². The number of hydrogen-bond acceptors (Lipinski definition) is 4. The molecule has 0 saturated carbocycles. The van der Waals surface area contributed by atoms with Crippen molar-refractivity contribution in [3.8, 4) is 0 Å². The lowest BCUT2D eigenvalue weighted by atomic mass is 10.1. The van der Waals surface area contributed by atoms with Crippen LogP contribution in [0, 0.1) is 0 Å². The van der Waals surface area contributed by atoms with Gasteiger partial charge < -0.3 is 19.7 Å². The summed E-state index contributed by atoms with van der Waals surface area (Å²) in [5.41, 5.74) is 0. The zero-order valence-corrected chi connectivity index (χ0v) is 12.8. The monoisotopic (exact) mass is 298 g/mol. The summed E-state index contributed by atoms with van der Waals surface area (Å²) in [4.78, 5) is 15.2. The minimum absolute atomic E-state index is 0.0159. The molecule has 1 aliphatic rings. The molecule has 1 aromatic heterocycles. The summed E-state index contributed by atoms with van der Waals surface area (Å²) in [6, 6.07) is 4.12. The van der Waals surface area contributed by atoms with Gasteiger partial charge in [0.15, 0.2) is 0 Å². The van der Waals surface area contributed by atoms with E-state index in [9.17, 15) is 4.79 Å². The van der Waals surface area contributed by atoms with Gasteiger partial charge in [0.2, 0.25) is 0 Å². The average molecular weight is 298 g/mol. The van der Waals surface area contributed by atoms with Crippen molar-refractivity contribution in [2.24, 2.45) is 0 Å². The van der Waals surface area contributed by atoms with Gasteiger partial charge in [-0.1, -0.05) is 13.0 Å². The van der Waals surface area contributed by atoms with E-state index in [1.807, 2.05) is 6.07 Å². The molecule has 2 atom stereocenters. The third-order valence-corrected chi connectivity index (χ3v) is 4.47. The first-order valence-corrected chi connectivity index (χ1v) is 7.75. The van der Waals surface area contributed by atoms with E-state index < -0.39 is 0 Å². The molecule has 20 heavy (non-hydrogen) atoms. The van der Waals surface area contributed by atoms with E-state index in [1.54, 1.807) is 23.3 Å². The molecule has 0 spiro atoms. The van der Waals surface area contributed by atoms with Crippen LogP contribution in [0.5, 0.6) is 0 Å². The summed E-state index contributed by atoms with van der Waals surface area (Å²) >= 11 is 1.72. The van der Waals surface area contributed by atoms with E-state index >= 15 is 0 Å². The zero-order valence-electron chi connectivity index (χ0n) is 12.0. The van der Waals surface area contributed by atoms with Crippen molar-refractivity contribution in [3.63, 3.8) is 0 Å². The van der Waals surface area contributed by atoms with Crippen LogP contribution in [0.15, 0.2) is 17.5 Å². The fourth-order valence-electron chi connectivity index (χ4n) is 2.22. The topological polar surface area (TPSA) is 50.8 Å². The highest BCUT2D eigenvalue weighted by atomic mass is 32.1. The third-order valence-electron chi connectivity index (χ3n) is 3.37. The smallest absolute Gasteiger partial charge is 0.317 e. The molecule has 2 heterocycles. The molecule has 2 amide bonds. The summed E-state index contributed by atoms with van der Waals surface area (Å²) in [7, 11) is 1.64. The van der Waals surface area contributed by atoms with Crippen LogP contribution in [-0.2, 0) is 9.47 Å². The van der Waals surface area contributed by atoms with E-state index in [0.717, 1.165) is 0 Å². The Bertz CT molecular complexity index is 409. The van der Waals surface area contributed by atoms with E-state index in [0.29, 0.717) is 38.8 Å². The number of methoxy groups -OCH3 is 1. The summed E-state index contributed by atoms with van der Waals surface area (Å²) in [5, 5.41) is 5.06. The van der Waals surface area contributed by atoms with Gasteiger partial charge in [-0.3, -0.25) is 0 Å². The second kappa shape index (κ2) is 7.61. The Kier molecular flexibility index (Phi) is 5.82. The summed E-state index contributed by atoms with van der Waals surface area (Å²) < 4.78 is 10.6. The van der Waals surface area contributed by atoms with Gasteiger partial charge >= 0.3 is 6.03 Å². The number of thiophene rings is 1. The maximum absolute atomic E-state index is 12.1. The van der Waals surface area contributed by atoms with Gasteiger partial charge in [-0.2, -0.15) is 0 Å². The highest BCUT2D eigenvalue weighted by molar-refractivity contribution is 7.10.